The molecule has 3 N–H and O–H groups in total. The Morgan fingerprint density at radius 1 is 1.04 bits per heavy atom. The van der Waals surface area contributed by atoms with Gasteiger partial charge in [0.05, 0.1) is 24.5 Å². The summed E-state index contributed by atoms with van der Waals surface area (Å²) >= 11 is 0. The predicted molar refractivity (Wildman–Crippen MR) is 86.3 cm³/mol. The van der Waals surface area contributed by atoms with Gasteiger partial charge in [0.2, 0.25) is 0 Å². The maximum Gasteiger partial charge on any atom is 0.314 e. The average Bonchev–Trinajstić information content (AvgIpc) is 3.02. The molecule has 0 saturated heterocycles. The summed E-state index contributed by atoms with van der Waals surface area (Å²) in [5.74, 6) is -0.928. The molecule has 3 rings (SSSR count). The van der Waals surface area contributed by atoms with Crippen molar-refractivity contribution in [2.75, 3.05) is 17.7 Å². The molecule has 3 aromatic rings. The van der Waals surface area contributed by atoms with E-state index in [2.05, 4.69) is 20.6 Å². The second kappa shape index (κ2) is 6.18. The van der Waals surface area contributed by atoms with Crippen molar-refractivity contribution in [3.8, 4) is 5.75 Å². The van der Waals surface area contributed by atoms with Gasteiger partial charge >= 0.3 is 11.8 Å². The molecule has 0 unspecified atom stereocenters. The fourth-order valence-electron chi connectivity index (χ4n) is 2.09. The number of benzene rings is 2. The van der Waals surface area contributed by atoms with Crippen LogP contribution in [0.3, 0.4) is 0 Å². The van der Waals surface area contributed by atoms with Gasteiger partial charge < -0.3 is 20.4 Å². The van der Waals surface area contributed by atoms with Gasteiger partial charge in [-0.3, -0.25) is 9.59 Å². The SMILES string of the molecule is COc1cccc(NC(=O)C(=O)Nc2ccc3nc[nH]c3c2)c1. The molecule has 0 saturated carbocycles. The van der Waals surface area contributed by atoms with Gasteiger partial charge in [0.15, 0.2) is 0 Å². The van der Waals surface area contributed by atoms with Crippen LogP contribution in [0.2, 0.25) is 0 Å². The number of hydrogen-bond acceptors (Lipinski definition) is 4. The molecule has 0 atom stereocenters. The van der Waals surface area contributed by atoms with Crippen molar-refractivity contribution in [3.05, 3.63) is 48.8 Å². The molecule has 0 fully saturated rings. The van der Waals surface area contributed by atoms with E-state index in [9.17, 15) is 9.59 Å². The predicted octanol–water partition coefficient (Wildman–Crippen LogP) is 2.15. The molecular weight excluding hydrogens is 296 g/mol. The van der Waals surface area contributed by atoms with Crippen molar-refractivity contribution >= 4 is 34.2 Å². The van der Waals surface area contributed by atoms with Crippen LogP contribution in [0, 0.1) is 0 Å². The summed E-state index contributed by atoms with van der Waals surface area (Å²) in [5, 5.41) is 5.06. The lowest BCUT2D eigenvalue weighted by Crippen LogP contribution is -2.29. The maximum atomic E-state index is 12.0. The van der Waals surface area contributed by atoms with Crippen LogP contribution >= 0.6 is 0 Å². The standard InChI is InChI=1S/C16H14N4O3/c1-23-12-4-2-3-10(7-12)19-15(21)16(22)20-11-5-6-13-14(8-11)18-9-17-13/h2-9H,1H3,(H,17,18)(H,19,21)(H,20,22). The number of amides is 2. The van der Waals surface area contributed by atoms with E-state index in [1.165, 1.54) is 7.11 Å². The molecule has 1 heterocycles. The lowest BCUT2D eigenvalue weighted by molar-refractivity contribution is -0.132. The van der Waals surface area contributed by atoms with Crippen molar-refractivity contribution < 1.29 is 14.3 Å². The Balaban J connectivity index is 1.68. The van der Waals surface area contributed by atoms with Crippen molar-refractivity contribution in [2.24, 2.45) is 0 Å². The van der Waals surface area contributed by atoms with Gasteiger partial charge in [-0.1, -0.05) is 6.07 Å². The average molecular weight is 310 g/mol. The first-order valence-electron chi connectivity index (χ1n) is 6.85. The van der Waals surface area contributed by atoms with Crippen LogP contribution < -0.4 is 15.4 Å². The highest BCUT2D eigenvalue weighted by Crippen LogP contribution is 2.17. The van der Waals surface area contributed by atoms with E-state index in [4.69, 9.17) is 4.74 Å². The third-order valence-electron chi connectivity index (χ3n) is 3.21. The molecule has 116 valence electrons. The van der Waals surface area contributed by atoms with Gasteiger partial charge in [0.1, 0.15) is 5.75 Å². The number of nitrogens with zero attached hydrogens (tertiary/aromatic N) is 1. The Kier molecular flexibility index (Phi) is 3.92. The number of H-pyrrole nitrogens is 1. The molecule has 0 spiro atoms. The molecule has 7 nitrogen and oxygen atoms in total. The number of methoxy groups -OCH3 is 1. The van der Waals surface area contributed by atoms with Gasteiger partial charge in [-0.05, 0) is 30.3 Å². The third kappa shape index (κ3) is 3.29. The van der Waals surface area contributed by atoms with Gasteiger partial charge in [0.25, 0.3) is 0 Å². The highest BCUT2D eigenvalue weighted by molar-refractivity contribution is 6.43. The minimum atomic E-state index is -0.761. The number of anilines is 2. The van der Waals surface area contributed by atoms with E-state index < -0.39 is 11.8 Å². The first-order valence-corrected chi connectivity index (χ1v) is 6.85. The smallest absolute Gasteiger partial charge is 0.314 e. The Morgan fingerprint density at radius 2 is 1.78 bits per heavy atom. The fourth-order valence-corrected chi connectivity index (χ4v) is 2.09. The summed E-state index contributed by atoms with van der Waals surface area (Å²) in [6.07, 6.45) is 1.56. The van der Waals surface area contributed by atoms with Gasteiger partial charge in [-0.2, -0.15) is 0 Å². The van der Waals surface area contributed by atoms with Crippen molar-refractivity contribution in [1.29, 1.82) is 0 Å². The summed E-state index contributed by atoms with van der Waals surface area (Å²) in [7, 11) is 1.53. The van der Waals surface area contributed by atoms with E-state index in [0.29, 0.717) is 17.1 Å². The van der Waals surface area contributed by atoms with Gasteiger partial charge in [-0.25, -0.2) is 4.98 Å². The number of carbonyl (C=O) groups excluding carboxylic acids is 2. The lowest BCUT2D eigenvalue weighted by atomic mass is 10.2. The Bertz CT molecular complexity index is 872. The number of imidazole rings is 1. The van der Waals surface area contributed by atoms with E-state index in [-0.39, 0.29) is 0 Å². The second-order valence-electron chi connectivity index (χ2n) is 4.77. The molecule has 0 aliphatic carbocycles. The van der Waals surface area contributed by atoms with Gasteiger partial charge in [-0.15, -0.1) is 0 Å². The van der Waals surface area contributed by atoms with E-state index in [1.807, 2.05) is 0 Å². The van der Waals surface area contributed by atoms with E-state index >= 15 is 0 Å². The zero-order valence-electron chi connectivity index (χ0n) is 12.3. The van der Waals surface area contributed by atoms with Crippen LogP contribution in [0.5, 0.6) is 5.75 Å². The molecule has 0 aliphatic heterocycles. The molecular formula is C16H14N4O3. The molecule has 0 radical (unpaired) electrons. The second-order valence-corrected chi connectivity index (χ2v) is 4.77. The molecule has 23 heavy (non-hydrogen) atoms. The van der Waals surface area contributed by atoms with Crippen LogP contribution in [-0.4, -0.2) is 28.9 Å². The Morgan fingerprint density at radius 3 is 2.52 bits per heavy atom. The monoisotopic (exact) mass is 310 g/mol. The maximum absolute atomic E-state index is 12.0. The summed E-state index contributed by atoms with van der Waals surface area (Å²) < 4.78 is 5.06. The summed E-state index contributed by atoms with van der Waals surface area (Å²) in [4.78, 5) is 30.9. The minimum Gasteiger partial charge on any atom is -0.497 e. The number of carbonyl (C=O) groups is 2. The molecule has 7 heteroatoms. The molecule has 1 aromatic heterocycles. The number of rotatable bonds is 3. The van der Waals surface area contributed by atoms with Crippen molar-refractivity contribution in [1.82, 2.24) is 9.97 Å². The van der Waals surface area contributed by atoms with Crippen LogP contribution in [0.25, 0.3) is 11.0 Å². The summed E-state index contributed by atoms with van der Waals surface area (Å²) in [5.41, 5.74) is 2.54. The van der Waals surface area contributed by atoms with Crippen LogP contribution in [0.1, 0.15) is 0 Å². The zero-order chi connectivity index (χ0) is 16.2. The number of hydrogen-bond donors (Lipinski definition) is 3. The number of fused-ring (bicyclic) bond motifs is 1. The minimum absolute atomic E-state index is 0.480. The first-order chi connectivity index (χ1) is 11.2. The number of nitrogens with one attached hydrogen (secondary N) is 3. The quantitative estimate of drug-likeness (QED) is 0.646. The van der Waals surface area contributed by atoms with Crippen LogP contribution in [0.4, 0.5) is 11.4 Å². The largest absolute Gasteiger partial charge is 0.497 e. The molecule has 2 aromatic carbocycles. The Labute approximate surface area is 131 Å². The van der Waals surface area contributed by atoms with Crippen molar-refractivity contribution in [3.63, 3.8) is 0 Å². The first kappa shape index (κ1) is 14.6. The normalized spacial score (nSPS) is 10.3. The Hall–Kier alpha value is -3.35. The fraction of sp³-hybridized carbons (Fsp3) is 0.0625. The molecule has 0 aliphatic rings. The molecule has 2 amide bonds. The number of aromatic nitrogens is 2. The highest BCUT2D eigenvalue weighted by Gasteiger charge is 2.14. The lowest BCUT2D eigenvalue weighted by Gasteiger charge is -2.07. The van der Waals surface area contributed by atoms with Crippen molar-refractivity contribution in [2.45, 2.75) is 0 Å². The third-order valence-corrected chi connectivity index (χ3v) is 3.21. The van der Waals surface area contributed by atoms with E-state index in [0.717, 1.165) is 11.0 Å². The number of aromatic amines is 1. The summed E-state index contributed by atoms with van der Waals surface area (Å²) in [6, 6.07) is 11.9. The summed E-state index contributed by atoms with van der Waals surface area (Å²) in [6.45, 7) is 0. The highest BCUT2D eigenvalue weighted by atomic mass is 16.5. The van der Waals surface area contributed by atoms with E-state index in [1.54, 1.807) is 48.8 Å². The van der Waals surface area contributed by atoms with Crippen LogP contribution in [-0.2, 0) is 9.59 Å². The molecule has 0 bridgehead atoms. The van der Waals surface area contributed by atoms with Crippen LogP contribution in [0.15, 0.2) is 48.8 Å². The number of ether oxygens (including phenoxy) is 1. The topological polar surface area (TPSA) is 96.1 Å². The zero-order valence-corrected chi connectivity index (χ0v) is 12.3. The van der Waals surface area contributed by atoms with Gasteiger partial charge in [0, 0.05) is 17.4 Å².